The fourth-order valence-electron chi connectivity index (χ4n) is 5.83. The van der Waals surface area contributed by atoms with Crippen LogP contribution in [0.1, 0.15) is 194 Å². The van der Waals surface area contributed by atoms with Crippen LogP contribution < -0.4 is 0 Å². The molecule has 2 N–H and O–H groups in total. The van der Waals surface area contributed by atoms with Gasteiger partial charge in [0.1, 0.15) is 6.61 Å². The molecule has 0 saturated heterocycles. The summed E-state index contributed by atoms with van der Waals surface area (Å²) in [6.45, 7) is 3.54. The van der Waals surface area contributed by atoms with Gasteiger partial charge in [-0.15, -0.1) is 0 Å². The number of hydrogen-bond donors (Lipinski definition) is 2. The van der Waals surface area contributed by atoms with Crippen LogP contribution in [0.2, 0.25) is 0 Å². The van der Waals surface area contributed by atoms with E-state index in [9.17, 15) is 14.2 Å². The van der Waals surface area contributed by atoms with Crippen LogP contribution in [0.15, 0.2) is 60.8 Å². The molecule has 8 nitrogen and oxygen atoms in total. The molecule has 0 aliphatic heterocycles. The highest BCUT2D eigenvalue weighted by Gasteiger charge is 2.22. The van der Waals surface area contributed by atoms with E-state index in [4.69, 9.17) is 19.3 Å². The number of esters is 2. The van der Waals surface area contributed by atoms with Crippen LogP contribution in [-0.2, 0) is 28.2 Å². The molecule has 0 rings (SSSR count). The number of allylic oxidation sites excluding steroid dienone is 10. The molecule has 0 saturated carbocycles. The first-order valence-electron chi connectivity index (χ1n) is 21.6. The molecule has 0 unspecified atom stereocenters. The summed E-state index contributed by atoms with van der Waals surface area (Å²) >= 11 is 0. The number of hydrogen-bond acceptors (Lipinski definition) is 6. The number of unbranched alkanes of at least 4 members (excludes halogenated alkanes) is 19. The van der Waals surface area contributed by atoms with E-state index in [-0.39, 0.29) is 19.4 Å². The SMILES string of the molecule is CC/C=C\C/C=C\C/C=C\C/C=C\CCCCC(=O)O[C@H](COC(=O)CCCCCCCCCCCCC/C=C\CCCCCCCC)COP(=O)(O)O. The van der Waals surface area contributed by atoms with Crippen molar-refractivity contribution in [2.75, 3.05) is 13.2 Å². The summed E-state index contributed by atoms with van der Waals surface area (Å²) < 4.78 is 26.4. The molecule has 9 heteroatoms. The summed E-state index contributed by atoms with van der Waals surface area (Å²) in [5, 5.41) is 0. The monoisotopic (exact) mass is 779 g/mol. The molecule has 0 spiro atoms. The third-order valence-corrected chi connectivity index (χ3v) is 9.51. The van der Waals surface area contributed by atoms with Crippen LogP contribution >= 0.6 is 7.82 Å². The van der Waals surface area contributed by atoms with E-state index in [1.165, 1.54) is 103 Å². The minimum Gasteiger partial charge on any atom is -0.462 e. The molecule has 0 fully saturated rings. The van der Waals surface area contributed by atoms with Gasteiger partial charge in [0.15, 0.2) is 6.10 Å². The lowest BCUT2D eigenvalue weighted by molar-refractivity contribution is -0.161. The Balaban J connectivity index is 3.93. The Labute approximate surface area is 330 Å². The Hall–Kier alpha value is -2.25. The second-order valence-corrected chi connectivity index (χ2v) is 15.5. The number of carbonyl (C=O) groups is 2. The third-order valence-electron chi connectivity index (χ3n) is 9.02. The van der Waals surface area contributed by atoms with Crippen LogP contribution in [0.3, 0.4) is 0 Å². The Kier molecular flexibility index (Phi) is 38.7. The van der Waals surface area contributed by atoms with Crippen molar-refractivity contribution in [1.29, 1.82) is 0 Å². The van der Waals surface area contributed by atoms with Crippen LogP contribution in [0, 0.1) is 0 Å². The Morgan fingerprint density at radius 2 is 0.889 bits per heavy atom. The van der Waals surface area contributed by atoms with Crippen molar-refractivity contribution < 1.29 is 37.9 Å². The number of phosphoric ester groups is 1. The van der Waals surface area contributed by atoms with E-state index < -0.39 is 32.5 Å². The maximum absolute atomic E-state index is 12.4. The van der Waals surface area contributed by atoms with E-state index >= 15 is 0 Å². The van der Waals surface area contributed by atoms with E-state index in [1.807, 2.05) is 0 Å². The normalized spacial score (nSPS) is 13.0. The highest BCUT2D eigenvalue weighted by atomic mass is 31.2. The first kappa shape index (κ1) is 51.8. The van der Waals surface area contributed by atoms with E-state index in [2.05, 4.69) is 79.1 Å². The van der Waals surface area contributed by atoms with Crippen molar-refractivity contribution in [2.45, 2.75) is 200 Å². The lowest BCUT2D eigenvalue weighted by Gasteiger charge is -2.18. The zero-order valence-corrected chi connectivity index (χ0v) is 35.2. The summed E-state index contributed by atoms with van der Waals surface area (Å²) in [6.07, 6.45) is 50.9. The third kappa shape index (κ3) is 42.5. The maximum Gasteiger partial charge on any atom is 0.469 e. The van der Waals surface area contributed by atoms with Crippen molar-refractivity contribution in [3.63, 3.8) is 0 Å². The topological polar surface area (TPSA) is 119 Å². The fraction of sp³-hybridized carbons (Fsp3) is 0.733. The van der Waals surface area contributed by atoms with Crippen molar-refractivity contribution in [2.24, 2.45) is 0 Å². The standard InChI is InChI=1S/C45H79O8P/c1-3-5-7-9-11-13-15-17-19-20-21-22-23-24-26-27-29-31-33-35-37-39-44(46)51-41-43(42-52-54(48,49)50)53-45(47)40-38-36-34-32-30-28-25-18-16-14-12-10-8-6-4-2/h6,8,12,14,17-19,25,30,32,43H,3-5,7,9-11,13,15-16,20-24,26-29,31,33-42H2,1-2H3,(H2,48,49,50)/b8-6-,14-12-,19-17-,25-18-,32-30-/t43-/m1/s1. The highest BCUT2D eigenvalue weighted by Crippen LogP contribution is 2.36. The fourth-order valence-corrected chi connectivity index (χ4v) is 6.19. The van der Waals surface area contributed by atoms with Gasteiger partial charge in [0.05, 0.1) is 6.61 Å². The van der Waals surface area contributed by atoms with Gasteiger partial charge in [-0.3, -0.25) is 14.1 Å². The van der Waals surface area contributed by atoms with Crippen molar-refractivity contribution >= 4 is 19.8 Å². The Bertz CT molecular complexity index is 1060. The lowest BCUT2D eigenvalue weighted by Crippen LogP contribution is -2.29. The van der Waals surface area contributed by atoms with Gasteiger partial charge in [0.25, 0.3) is 0 Å². The molecule has 0 amide bonds. The zero-order valence-electron chi connectivity index (χ0n) is 34.4. The van der Waals surface area contributed by atoms with Crippen LogP contribution in [-0.4, -0.2) is 41.0 Å². The average molecular weight is 779 g/mol. The van der Waals surface area contributed by atoms with Gasteiger partial charge in [-0.2, -0.15) is 0 Å². The predicted octanol–water partition coefficient (Wildman–Crippen LogP) is 13.3. The molecule has 0 bridgehead atoms. The lowest BCUT2D eigenvalue weighted by atomic mass is 10.0. The number of rotatable bonds is 39. The van der Waals surface area contributed by atoms with Crippen molar-refractivity contribution in [3.8, 4) is 0 Å². The first-order valence-corrected chi connectivity index (χ1v) is 23.1. The van der Waals surface area contributed by atoms with Gasteiger partial charge in [0, 0.05) is 12.8 Å². The summed E-state index contributed by atoms with van der Waals surface area (Å²) in [4.78, 5) is 42.8. The summed E-state index contributed by atoms with van der Waals surface area (Å²) in [7, 11) is -4.77. The quantitative estimate of drug-likeness (QED) is 0.0274. The molecule has 0 aliphatic rings. The molecule has 0 radical (unpaired) electrons. The number of carbonyl (C=O) groups excluding carboxylic acids is 2. The second-order valence-electron chi connectivity index (χ2n) is 14.3. The summed E-state index contributed by atoms with van der Waals surface area (Å²) in [6, 6.07) is 0. The van der Waals surface area contributed by atoms with E-state index in [0.717, 1.165) is 57.8 Å². The molecule has 54 heavy (non-hydrogen) atoms. The molecule has 0 aromatic heterocycles. The minimum atomic E-state index is -4.77. The molecular formula is C45H79O8P. The van der Waals surface area contributed by atoms with Gasteiger partial charge in [0.2, 0.25) is 0 Å². The van der Waals surface area contributed by atoms with Crippen molar-refractivity contribution in [3.05, 3.63) is 60.8 Å². The second kappa shape index (κ2) is 40.4. The van der Waals surface area contributed by atoms with Gasteiger partial charge < -0.3 is 19.3 Å². The smallest absolute Gasteiger partial charge is 0.462 e. The van der Waals surface area contributed by atoms with E-state index in [0.29, 0.717) is 6.42 Å². The van der Waals surface area contributed by atoms with Gasteiger partial charge in [-0.05, 0) is 77.0 Å². The Morgan fingerprint density at radius 3 is 1.39 bits per heavy atom. The number of ether oxygens (including phenoxy) is 2. The van der Waals surface area contributed by atoms with E-state index in [1.54, 1.807) is 0 Å². The Morgan fingerprint density at radius 1 is 0.500 bits per heavy atom. The molecule has 0 aliphatic carbocycles. The summed E-state index contributed by atoms with van der Waals surface area (Å²) in [5.41, 5.74) is 0. The van der Waals surface area contributed by atoms with Crippen LogP contribution in [0.4, 0.5) is 0 Å². The largest absolute Gasteiger partial charge is 0.469 e. The molecule has 0 aromatic carbocycles. The molecule has 312 valence electrons. The minimum absolute atomic E-state index is 0.158. The van der Waals surface area contributed by atoms with Gasteiger partial charge in [-0.25, -0.2) is 4.57 Å². The van der Waals surface area contributed by atoms with Gasteiger partial charge >= 0.3 is 19.8 Å². The molecule has 0 heterocycles. The maximum atomic E-state index is 12.4. The zero-order chi connectivity index (χ0) is 39.6. The molecular weight excluding hydrogens is 699 g/mol. The number of phosphoric acid groups is 1. The van der Waals surface area contributed by atoms with Gasteiger partial charge in [-0.1, -0.05) is 164 Å². The van der Waals surface area contributed by atoms with Crippen LogP contribution in [0.25, 0.3) is 0 Å². The predicted molar refractivity (Wildman–Crippen MR) is 225 cm³/mol. The van der Waals surface area contributed by atoms with Crippen molar-refractivity contribution in [1.82, 2.24) is 0 Å². The first-order chi connectivity index (χ1) is 26.3. The molecule has 0 aromatic rings. The average Bonchev–Trinajstić information content (AvgIpc) is 3.14. The molecule has 1 atom stereocenters. The van der Waals surface area contributed by atoms with Crippen LogP contribution in [0.5, 0.6) is 0 Å². The summed E-state index contributed by atoms with van der Waals surface area (Å²) in [5.74, 6) is -0.935. The highest BCUT2D eigenvalue weighted by molar-refractivity contribution is 7.46.